The number of imidazole rings is 1. The monoisotopic (exact) mass is 553 g/mol. The van der Waals surface area contributed by atoms with Crippen LogP contribution in [-0.2, 0) is 17.5 Å². The van der Waals surface area contributed by atoms with Gasteiger partial charge in [0, 0.05) is 52.0 Å². The molecule has 1 aliphatic rings. The summed E-state index contributed by atoms with van der Waals surface area (Å²) in [5, 5.41) is 3.55. The molecule has 1 aromatic carbocycles. The minimum absolute atomic E-state index is 0.0476. The molecule has 8 nitrogen and oxygen atoms in total. The average Bonchev–Trinajstić information content (AvgIpc) is 3.34. The van der Waals surface area contributed by atoms with E-state index in [0.717, 1.165) is 37.7 Å². The molecule has 1 fully saturated rings. The van der Waals surface area contributed by atoms with Crippen LogP contribution in [0.3, 0.4) is 0 Å². The standard InChI is InChI=1S/C24H27ClF3N7OS/c1-15(36)33(2)12-16-4-5-21(19(25)10-16)34-13-20(30-14-34)22-18(24(26,27)28)11-29-23(32-22)31-17-6-8-35(37-3)9-7-17/h4-5,10-11,13-14,17H,6-9,12H2,1-3H3,(H,29,31,32). The van der Waals surface area contributed by atoms with Crippen molar-refractivity contribution in [3.05, 3.63) is 53.1 Å². The van der Waals surface area contributed by atoms with E-state index in [1.807, 2.05) is 6.26 Å². The van der Waals surface area contributed by atoms with E-state index in [1.165, 1.54) is 19.4 Å². The normalized spacial score (nSPS) is 15.1. The second kappa shape index (κ2) is 11.3. The number of aromatic nitrogens is 4. The highest BCUT2D eigenvalue weighted by Gasteiger charge is 2.36. The fourth-order valence-electron chi connectivity index (χ4n) is 4.04. The van der Waals surface area contributed by atoms with Gasteiger partial charge in [0.15, 0.2) is 0 Å². The molecule has 3 heterocycles. The van der Waals surface area contributed by atoms with Gasteiger partial charge in [0.25, 0.3) is 0 Å². The average molecular weight is 554 g/mol. The molecule has 1 aliphatic heterocycles. The van der Waals surface area contributed by atoms with Crippen molar-refractivity contribution in [2.24, 2.45) is 0 Å². The Hall–Kier alpha value is -2.83. The Bertz CT molecular complexity index is 1260. The van der Waals surface area contributed by atoms with Crippen molar-refractivity contribution in [2.45, 2.75) is 38.5 Å². The summed E-state index contributed by atoms with van der Waals surface area (Å²) in [5.74, 6) is 0.0566. The molecule has 0 spiro atoms. The van der Waals surface area contributed by atoms with Gasteiger partial charge >= 0.3 is 6.18 Å². The Morgan fingerprint density at radius 2 is 2.00 bits per heavy atom. The molecule has 0 unspecified atom stereocenters. The Morgan fingerprint density at radius 1 is 1.27 bits per heavy atom. The van der Waals surface area contributed by atoms with E-state index in [2.05, 4.69) is 24.6 Å². The highest BCUT2D eigenvalue weighted by Crippen LogP contribution is 2.36. The van der Waals surface area contributed by atoms with E-state index < -0.39 is 11.7 Å². The summed E-state index contributed by atoms with van der Waals surface area (Å²) in [6.07, 6.45) is 2.70. The fraction of sp³-hybridized carbons (Fsp3) is 0.417. The van der Waals surface area contributed by atoms with Gasteiger partial charge in [-0.2, -0.15) is 13.2 Å². The van der Waals surface area contributed by atoms with Crippen LogP contribution in [0, 0.1) is 0 Å². The molecule has 4 rings (SSSR count). The van der Waals surface area contributed by atoms with Crippen molar-refractivity contribution in [3.8, 4) is 17.1 Å². The highest BCUT2D eigenvalue weighted by atomic mass is 35.5. The first-order valence-corrected chi connectivity index (χ1v) is 13.2. The summed E-state index contributed by atoms with van der Waals surface area (Å²) in [6, 6.07) is 5.32. The van der Waals surface area contributed by atoms with Gasteiger partial charge in [-0.3, -0.25) is 9.10 Å². The largest absolute Gasteiger partial charge is 0.420 e. The van der Waals surface area contributed by atoms with Crippen LogP contribution in [0.15, 0.2) is 36.9 Å². The lowest BCUT2D eigenvalue weighted by Gasteiger charge is -2.30. The molecule has 0 atom stereocenters. The summed E-state index contributed by atoms with van der Waals surface area (Å²) < 4.78 is 45.2. The predicted octanol–water partition coefficient (Wildman–Crippen LogP) is 5.13. The van der Waals surface area contributed by atoms with Gasteiger partial charge in [-0.1, -0.05) is 29.6 Å². The lowest BCUT2D eigenvalue weighted by atomic mass is 10.1. The van der Waals surface area contributed by atoms with Crippen LogP contribution in [0.4, 0.5) is 19.1 Å². The number of hydrogen-bond acceptors (Lipinski definition) is 7. The van der Waals surface area contributed by atoms with E-state index in [-0.39, 0.29) is 29.3 Å². The Kier molecular flexibility index (Phi) is 8.29. The predicted molar refractivity (Wildman–Crippen MR) is 138 cm³/mol. The summed E-state index contributed by atoms with van der Waals surface area (Å²) >= 11 is 8.15. The van der Waals surface area contributed by atoms with Crippen molar-refractivity contribution in [1.82, 2.24) is 28.7 Å². The smallest absolute Gasteiger partial charge is 0.351 e. The van der Waals surface area contributed by atoms with Crippen molar-refractivity contribution in [2.75, 3.05) is 31.7 Å². The number of piperidine rings is 1. The molecule has 0 aliphatic carbocycles. The number of nitrogens with one attached hydrogen (secondary N) is 1. The fourth-order valence-corrected chi connectivity index (χ4v) is 4.92. The third kappa shape index (κ3) is 6.55. The Labute approximate surface area is 222 Å². The number of carbonyl (C=O) groups excluding carboxylic acids is 1. The third-order valence-electron chi connectivity index (χ3n) is 6.21. The number of rotatable bonds is 7. The lowest BCUT2D eigenvalue weighted by Crippen LogP contribution is -2.35. The van der Waals surface area contributed by atoms with E-state index in [0.29, 0.717) is 17.3 Å². The SMILES string of the molecule is CSN1CCC(Nc2ncc(C(F)(F)F)c(-c3cn(-c4ccc(CN(C)C(C)=O)cc4Cl)cn3)n2)CC1. The van der Waals surface area contributed by atoms with Crippen LogP contribution in [0.5, 0.6) is 0 Å². The van der Waals surface area contributed by atoms with Crippen LogP contribution >= 0.6 is 23.5 Å². The van der Waals surface area contributed by atoms with Crippen molar-refractivity contribution < 1.29 is 18.0 Å². The third-order valence-corrected chi connectivity index (χ3v) is 7.40. The zero-order valence-corrected chi connectivity index (χ0v) is 22.2. The summed E-state index contributed by atoms with van der Waals surface area (Å²) in [6.45, 7) is 3.61. The maximum atomic E-state index is 13.8. The van der Waals surface area contributed by atoms with Gasteiger partial charge in [0.1, 0.15) is 23.3 Å². The van der Waals surface area contributed by atoms with E-state index >= 15 is 0 Å². The number of nitrogens with zero attached hydrogens (tertiary/aromatic N) is 6. The molecule has 0 radical (unpaired) electrons. The Balaban J connectivity index is 1.60. The number of anilines is 1. The van der Waals surface area contributed by atoms with E-state index in [9.17, 15) is 18.0 Å². The van der Waals surface area contributed by atoms with Crippen molar-refractivity contribution in [3.63, 3.8) is 0 Å². The van der Waals surface area contributed by atoms with Crippen LogP contribution in [0.1, 0.15) is 30.9 Å². The minimum Gasteiger partial charge on any atom is -0.351 e. The van der Waals surface area contributed by atoms with Crippen LogP contribution in [-0.4, -0.2) is 67.1 Å². The van der Waals surface area contributed by atoms with E-state index in [4.69, 9.17) is 11.6 Å². The summed E-state index contributed by atoms with van der Waals surface area (Å²) in [4.78, 5) is 25.4. The molecule has 3 aromatic rings. The number of alkyl halides is 3. The van der Waals surface area contributed by atoms with Crippen molar-refractivity contribution in [1.29, 1.82) is 0 Å². The molecular formula is C24H27ClF3N7OS. The number of hydrogen-bond donors (Lipinski definition) is 1. The number of benzene rings is 1. The number of halogens is 4. The van der Waals surface area contributed by atoms with Gasteiger partial charge in [0.2, 0.25) is 11.9 Å². The second-order valence-electron chi connectivity index (χ2n) is 8.81. The number of amides is 1. The lowest BCUT2D eigenvalue weighted by molar-refractivity contribution is -0.137. The molecule has 37 heavy (non-hydrogen) atoms. The second-order valence-corrected chi connectivity index (χ2v) is 10.1. The molecular weight excluding hydrogens is 527 g/mol. The van der Waals surface area contributed by atoms with Crippen molar-refractivity contribution >= 4 is 35.4 Å². The molecule has 0 bridgehead atoms. The topological polar surface area (TPSA) is 79.2 Å². The first-order chi connectivity index (χ1) is 17.5. The quantitative estimate of drug-likeness (QED) is 0.406. The molecule has 1 saturated heterocycles. The molecule has 13 heteroatoms. The Morgan fingerprint density at radius 3 is 2.62 bits per heavy atom. The minimum atomic E-state index is -4.65. The highest BCUT2D eigenvalue weighted by molar-refractivity contribution is 7.96. The first-order valence-electron chi connectivity index (χ1n) is 11.6. The van der Waals surface area contributed by atoms with Crippen LogP contribution < -0.4 is 5.32 Å². The summed E-state index contributed by atoms with van der Waals surface area (Å²) in [7, 11) is 1.68. The van der Waals surface area contributed by atoms with E-state index in [1.54, 1.807) is 46.7 Å². The maximum Gasteiger partial charge on any atom is 0.420 e. The molecule has 0 saturated carbocycles. The molecule has 1 amide bonds. The first kappa shape index (κ1) is 27.2. The van der Waals surface area contributed by atoms with Gasteiger partial charge in [-0.05, 0) is 36.8 Å². The maximum absolute atomic E-state index is 13.8. The summed E-state index contributed by atoms with van der Waals surface area (Å²) in [5.41, 5.74) is 0.138. The molecule has 198 valence electrons. The molecule has 2 aromatic heterocycles. The molecule has 1 N–H and O–H groups in total. The van der Waals surface area contributed by atoms with Crippen LogP contribution in [0.25, 0.3) is 17.1 Å². The van der Waals surface area contributed by atoms with Gasteiger partial charge in [0.05, 0.1) is 10.7 Å². The zero-order chi connectivity index (χ0) is 26.7. The zero-order valence-electron chi connectivity index (χ0n) is 20.6. The van der Waals surface area contributed by atoms with Gasteiger partial charge in [-0.25, -0.2) is 15.0 Å². The number of carbonyl (C=O) groups is 1. The van der Waals surface area contributed by atoms with Gasteiger partial charge < -0.3 is 14.8 Å². The van der Waals surface area contributed by atoms with Gasteiger partial charge in [-0.15, -0.1) is 0 Å². The van der Waals surface area contributed by atoms with Crippen LogP contribution in [0.2, 0.25) is 5.02 Å².